The van der Waals surface area contributed by atoms with Gasteiger partial charge in [-0.2, -0.15) is 0 Å². The van der Waals surface area contributed by atoms with E-state index in [0.717, 1.165) is 11.8 Å². The van der Waals surface area contributed by atoms with Crippen LogP contribution in [0.5, 0.6) is 0 Å². The van der Waals surface area contributed by atoms with Crippen molar-refractivity contribution < 1.29 is 0 Å². The lowest BCUT2D eigenvalue weighted by Crippen LogP contribution is -2.37. The van der Waals surface area contributed by atoms with E-state index in [0.29, 0.717) is 12.1 Å². The van der Waals surface area contributed by atoms with Gasteiger partial charge in [0.1, 0.15) is 0 Å². The number of hydrogen-bond donors (Lipinski definition) is 1. The molecule has 2 aliphatic rings. The number of hydrogen-bond acceptors (Lipinski definition) is 2. The fraction of sp³-hybridized carbons (Fsp3) is 0.765. The van der Waals surface area contributed by atoms with Gasteiger partial charge in [0, 0.05) is 17.0 Å². The smallest absolute Gasteiger partial charge is 0.0445 e. The van der Waals surface area contributed by atoms with E-state index >= 15 is 0 Å². The molecule has 2 saturated carbocycles. The lowest BCUT2D eigenvalue weighted by atomic mass is 9.92. The molecule has 1 N–H and O–H groups in total. The number of rotatable bonds is 5. The van der Waals surface area contributed by atoms with Crippen LogP contribution in [-0.4, -0.2) is 6.04 Å². The Labute approximate surface area is 121 Å². The van der Waals surface area contributed by atoms with Crippen LogP contribution >= 0.6 is 11.3 Å². The molecule has 106 valence electrons. The molecular weight excluding hydrogens is 250 g/mol. The van der Waals surface area contributed by atoms with Gasteiger partial charge in [-0.05, 0) is 55.9 Å². The molecule has 0 aromatic carbocycles. The van der Waals surface area contributed by atoms with Gasteiger partial charge in [0.2, 0.25) is 0 Å². The first kappa shape index (κ1) is 13.6. The Balaban J connectivity index is 1.61. The SMILES string of the molecule is C[C@H](NC(c1cccs1)C1CC1)C1CCCCCC1. The second-order valence-corrected chi connectivity index (χ2v) is 7.52. The molecule has 0 saturated heterocycles. The van der Waals surface area contributed by atoms with E-state index in [2.05, 4.69) is 29.8 Å². The van der Waals surface area contributed by atoms with Crippen molar-refractivity contribution in [3.63, 3.8) is 0 Å². The Bertz CT molecular complexity index is 361. The fourth-order valence-electron chi connectivity index (χ4n) is 3.58. The lowest BCUT2D eigenvalue weighted by molar-refractivity contribution is 0.299. The van der Waals surface area contributed by atoms with Crippen LogP contribution in [0.25, 0.3) is 0 Å². The minimum absolute atomic E-state index is 0.637. The topological polar surface area (TPSA) is 12.0 Å². The monoisotopic (exact) mass is 277 g/mol. The summed E-state index contributed by atoms with van der Waals surface area (Å²) in [6.45, 7) is 2.43. The summed E-state index contributed by atoms with van der Waals surface area (Å²) in [6.07, 6.45) is 11.5. The first-order chi connectivity index (χ1) is 9.34. The molecule has 1 aromatic rings. The molecule has 1 unspecified atom stereocenters. The Kier molecular flexibility index (Phi) is 4.60. The van der Waals surface area contributed by atoms with Crippen molar-refractivity contribution in [2.24, 2.45) is 11.8 Å². The maximum absolute atomic E-state index is 3.99. The van der Waals surface area contributed by atoms with Crippen LogP contribution < -0.4 is 5.32 Å². The molecule has 0 aliphatic heterocycles. The van der Waals surface area contributed by atoms with Crippen LogP contribution in [0, 0.1) is 11.8 Å². The van der Waals surface area contributed by atoms with Gasteiger partial charge in [-0.3, -0.25) is 0 Å². The highest BCUT2D eigenvalue weighted by Crippen LogP contribution is 2.43. The maximum atomic E-state index is 3.99. The predicted octanol–water partition coefficient (Wildman–Crippen LogP) is 5.15. The van der Waals surface area contributed by atoms with E-state index in [1.165, 1.54) is 51.4 Å². The van der Waals surface area contributed by atoms with Gasteiger partial charge >= 0.3 is 0 Å². The van der Waals surface area contributed by atoms with Crippen molar-refractivity contribution >= 4 is 11.3 Å². The van der Waals surface area contributed by atoms with Crippen LogP contribution in [0.4, 0.5) is 0 Å². The standard InChI is InChI=1S/C17H27NS/c1-13(14-7-4-2-3-5-8-14)18-17(15-10-11-15)16-9-6-12-19-16/h6,9,12-15,17-18H,2-5,7-8,10-11H2,1H3/t13-,17?/m0/s1. The van der Waals surface area contributed by atoms with Crippen LogP contribution in [0.2, 0.25) is 0 Å². The van der Waals surface area contributed by atoms with Crippen molar-refractivity contribution in [2.45, 2.75) is 70.4 Å². The van der Waals surface area contributed by atoms with Crippen LogP contribution in [0.15, 0.2) is 17.5 Å². The summed E-state index contributed by atoms with van der Waals surface area (Å²) in [5.74, 6) is 1.82. The van der Waals surface area contributed by atoms with E-state index in [1.54, 1.807) is 4.88 Å². The first-order valence-electron chi connectivity index (χ1n) is 8.14. The molecule has 2 heteroatoms. The summed E-state index contributed by atoms with van der Waals surface area (Å²) in [6, 6.07) is 5.84. The molecule has 2 atom stereocenters. The minimum atomic E-state index is 0.637. The molecule has 0 bridgehead atoms. The molecule has 3 rings (SSSR count). The van der Waals surface area contributed by atoms with Crippen molar-refractivity contribution in [1.82, 2.24) is 5.32 Å². The summed E-state index contributed by atoms with van der Waals surface area (Å²) in [5, 5.41) is 6.21. The zero-order valence-electron chi connectivity index (χ0n) is 12.1. The summed E-state index contributed by atoms with van der Waals surface area (Å²) < 4.78 is 0. The van der Waals surface area contributed by atoms with E-state index in [9.17, 15) is 0 Å². The van der Waals surface area contributed by atoms with E-state index in [4.69, 9.17) is 0 Å². The third-order valence-corrected chi connectivity index (χ3v) is 5.95. The molecular formula is C17H27NS. The normalized spacial score (nSPS) is 24.9. The van der Waals surface area contributed by atoms with Gasteiger partial charge in [0.05, 0.1) is 0 Å². The molecule has 1 aromatic heterocycles. The average Bonchev–Trinajstić information content (AvgIpc) is 3.17. The Morgan fingerprint density at radius 2 is 1.79 bits per heavy atom. The summed E-state index contributed by atoms with van der Waals surface area (Å²) >= 11 is 1.93. The van der Waals surface area contributed by atoms with Gasteiger partial charge in [0.15, 0.2) is 0 Å². The maximum Gasteiger partial charge on any atom is 0.0445 e. The Morgan fingerprint density at radius 1 is 1.05 bits per heavy atom. The third-order valence-electron chi connectivity index (χ3n) is 4.99. The summed E-state index contributed by atoms with van der Waals surface area (Å²) in [7, 11) is 0. The molecule has 19 heavy (non-hydrogen) atoms. The van der Waals surface area contributed by atoms with Crippen molar-refractivity contribution in [3.05, 3.63) is 22.4 Å². The summed E-state index contributed by atoms with van der Waals surface area (Å²) in [5.41, 5.74) is 0. The zero-order chi connectivity index (χ0) is 13.1. The van der Waals surface area contributed by atoms with Crippen LogP contribution in [-0.2, 0) is 0 Å². The third kappa shape index (κ3) is 3.61. The minimum Gasteiger partial charge on any atom is -0.306 e. The van der Waals surface area contributed by atoms with Gasteiger partial charge in [-0.15, -0.1) is 11.3 Å². The van der Waals surface area contributed by atoms with Gasteiger partial charge in [-0.1, -0.05) is 31.7 Å². The predicted molar refractivity (Wildman–Crippen MR) is 83.6 cm³/mol. The van der Waals surface area contributed by atoms with Crippen molar-refractivity contribution in [2.75, 3.05) is 0 Å². The quantitative estimate of drug-likeness (QED) is 0.734. The Hall–Kier alpha value is -0.340. The molecule has 0 radical (unpaired) electrons. The van der Waals surface area contributed by atoms with Crippen LogP contribution in [0.3, 0.4) is 0 Å². The fourth-order valence-corrected chi connectivity index (χ4v) is 4.46. The van der Waals surface area contributed by atoms with Crippen molar-refractivity contribution in [1.29, 1.82) is 0 Å². The van der Waals surface area contributed by atoms with Gasteiger partial charge < -0.3 is 5.32 Å². The molecule has 0 amide bonds. The second kappa shape index (κ2) is 6.41. The highest BCUT2D eigenvalue weighted by molar-refractivity contribution is 7.10. The van der Waals surface area contributed by atoms with E-state index < -0.39 is 0 Å². The largest absolute Gasteiger partial charge is 0.306 e. The second-order valence-electron chi connectivity index (χ2n) is 6.54. The average molecular weight is 277 g/mol. The van der Waals surface area contributed by atoms with Crippen LogP contribution in [0.1, 0.15) is 69.2 Å². The van der Waals surface area contributed by atoms with Gasteiger partial charge in [0.25, 0.3) is 0 Å². The number of nitrogens with one attached hydrogen (secondary N) is 1. The highest BCUT2D eigenvalue weighted by atomic mass is 32.1. The first-order valence-corrected chi connectivity index (χ1v) is 9.02. The highest BCUT2D eigenvalue weighted by Gasteiger charge is 2.34. The molecule has 0 spiro atoms. The lowest BCUT2D eigenvalue weighted by Gasteiger charge is -2.28. The molecule has 2 fully saturated rings. The molecule has 2 aliphatic carbocycles. The Morgan fingerprint density at radius 3 is 2.37 bits per heavy atom. The molecule has 1 nitrogen and oxygen atoms in total. The van der Waals surface area contributed by atoms with Crippen molar-refractivity contribution in [3.8, 4) is 0 Å². The van der Waals surface area contributed by atoms with E-state index in [1.807, 2.05) is 11.3 Å². The molecule has 1 heterocycles. The van der Waals surface area contributed by atoms with Gasteiger partial charge in [-0.25, -0.2) is 0 Å². The zero-order valence-corrected chi connectivity index (χ0v) is 12.9. The summed E-state index contributed by atoms with van der Waals surface area (Å²) in [4.78, 5) is 1.56. The number of thiophene rings is 1. The van der Waals surface area contributed by atoms with E-state index in [-0.39, 0.29) is 0 Å².